The molecule has 1 aromatic carbocycles. The van der Waals surface area contributed by atoms with Gasteiger partial charge in [-0.1, -0.05) is 55.4 Å². The first-order valence-corrected chi connectivity index (χ1v) is 14.3. The number of carbonyl (C=O) groups is 3. The molecule has 202 valence electrons. The molecule has 0 aromatic heterocycles. The number of nitrogens with one attached hydrogen (secondary N) is 3. The molecular weight excluding hydrogens is 488 g/mol. The maximum Gasteiger partial charge on any atom is 0.230 e. The third-order valence-electron chi connectivity index (χ3n) is 7.14. The molecule has 37 heavy (non-hydrogen) atoms. The van der Waals surface area contributed by atoms with E-state index in [0.29, 0.717) is 43.4 Å². The summed E-state index contributed by atoms with van der Waals surface area (Å²) in [5.41, 5.74) is 5.39. The maximum atomic E-state index is 13.5. The second-order valence-corrected chi connectivity index (χ2v) is 12.0. The molecule has 3 N–H and O–H groups in total. The Balaban J connectivity index is 1.44. The number of hydrogen-bond acceptors (Lipinski definition) is 7. The van der Waals surface area contributed by atoms with Gasteiger partial charge in [0.1, 0.15) is 0 Å². The predicted molar refractivity (Wildman–Crippen MR) is 146 cm³/mol. The van der Waals surface area contributed by atoms with Gasteiger partial charge < -0.3 is 20.4 Å². The minimum absolute atomic E-state index is 0.0517. The van der Waals surface area contributed by atoms with Crippen LogP contribution < -0.4 is 16.1 Å². The lowest BCUT2D eigenvalue weighted by molar-refractivity contribution is -0.158. The lowest BCUT2D eigenvalue weighted by atomic mass is 9.75. The van der Waals surface area contributed by atoms with Gasteiger partial charge in [0, 0.05) is 31.1 Å². The van der Waals surface area contributed by atoms with E-state index in [1.54, 1.807) is 0 Å². The largest absolute Gasteiger partial charge is 0.354 e. The van der Waals surface area contributed by atoms with Crippen molar-refractivity contribution in [2.45, 2.75) is 78.8 Å². The second kappa shape index (κ2) is 11.8. The van der Waals surface area contributed by atoms with Crippen molar-refractivity contribution in [3.8, 4) is 0 Å². The monoisotopic (exact) mass is 528 g/mol. The SMILES string of the molecule is Cc1ccc(CNC(=O)CSC2=NNC3N(CC(C)C)C(=O)C4CCC(C(=O)NC(C)C)CC4N23)cc1. The molecule has 4 atom stereocenters. The van der Waals surface area contributed by atoms with Gasteiger partial charge >= 0.3 is 0 Å². The molecule has 1 saturated carbocycles. The first kappa shape index (κ1) is 27.3. The molecule has 2 heterocycles. The molecule has 3 aliphatic rings. The average molecular weight is 529 g/mol. The van der Waals surface area contributed by atoms with Crippen LogP contribution in [0, 0.1) is 24.7 Å². The minimum atomic E-state index is -0.388. The number of rotatable bonds is 8. The van der Waals surface area contributed by atoms with Crippen LogP contribution in [0.4, 0.5) is 0 Å². The Morgan fingerprint density at radius 3 is 2.57 bits per heavy atom. The van der Waals surface area contributed by atoms with Gasteiger partial charge in [-0.05, 0) is 51.5 Å². The molecule has 0 bridgehead atoms. The first-order chi connectivity index (χ1) is 17.6. The number of thioether (sulfide) groups is 1. The lowest BCUT2D eigenvalue weighted by Gasteiger charge is -2.51. The summed E-state index contributed by atoms with van der Waals surface area (Å²) in [4.78, 5) is 43.1. The summed E-state index contributed by atoms with van der Waals surface area (Å²) in [7, 11) is 0. The van der Waals surface area contributed by atoms with Crippen molar-refractivity contribution in [1.82, 2.24) is 25.9 Å². The topological polar surface area (TPSA) is 106 Å². The molecule has 0 radical (unpaired) electrons. The Labute approximate surface area is 224 Å². The number of amidine groups is 1. The van der Waals surface area contributed by atoms with Crippen molar-refractivity contribution in [3.63, 3.8) is 0 Å². The Kier molecular flexibility index (Phi) is 8.67. The Bertz CT molecular complexity index is 1030. The summed E-state index contributed by atoms with van der Waals surface area (Å²) in [5.74, 6) is 0.322. The number of amides is 3. The third kappa shape index (κ3) is 6.40. The zero-order valence-electron chi connectivity index (χ0n) is 22.5. The van der Waals surface area contributed by atoms with E-state index in [2.05, 4.69) is 39.9 Å². The van der Waals surface area contributed by atoms with Crippen LogP contribution in [0.5, 0.6) is 0 Å². The highest BCUT2D eigenvalue weighted by atomic mass is 32.2. The van der Waals surface area contributed by atoms with Gasteiger partial charge in [-0.2, -0.15) is 5.10 Å². The number of benzene rings is 1. The van der Waals surface area contributed by atoms with E-state index in [0.717, 1.165) is 5.56 Å². The summed E-state index contributed by atoms with van der Waals surface area (Å²) in [6, 6.07) is 8.04. The van der Waals surface area contributed by atoms with E-state index in [-0.39, 0.29) is 53.7 Å². The molecular formula is C27H40N6O3S. The molecule has 2 aliphatic heterocycles. The van der Waals surface area contributed by atoms with E-state index in [9.17, 15) is 14.4 Å². The van der Waals surface area contributed by atoms with Crippen molar-refractivity contribution < 1.29 is 14.4 Å². The average Bonchev–Trinajstić information content (AvgIpc) is 3.28. The van der Waals surface area contributed by atoms with Crippen LogP contribution in [-0.2, 0) is 20.9 Å². The fourth-order valence-corrected chi connectivity index (χ4v) is 6.24. The Morgan fingerprint density at radius 1 is 1.16 bits per heavy atom. The number of carbonyl (C=O) groups excluding carboxylic acids is 3. The fraction of sp³-hybridized carbons (Fsp3) is 0.630. The quantitative estimate of drug-likeness (QED) is 0.479. The zero-order chi connectivity index (χ0) is 26.7. The molecule has 1 aromatic rings. The van der Waals surface area contributed by atoms with Gasteiger partial charge in [0.25, 0.3) is 0 Å². The lowest BCUT2D eigenvalue weighted by Crippen LogP contribution is -2.68. The molecule has 1 aliphatic carbocycles. The number of nitrogens with zero attached hydrogens (tertiary/aromatic N) is 3. The van der Waals surface area contributed by atoms with Crippen LogP contribution in [0.1, 0.15) is 58.1 Å². The van der Waals surface area contributed by atoms with Crippen molar-refractivity contribution in [3.05, 3.63) is 35.4 Å². The van der Waals surface area contributed by atoms with Crippen LogP contribution in [0.3, 0.4) is 0 Å². The van der Waals surface area contributed by atoms with Crippen molar-refractivity contribution in [2.24, 2.45) is 22.9 Å². The van der Waals surface area contributed by atoms with E-state index in [1.807, 2.05) is 49.9 Å². The van der Waals surface area contributed by atoms with Crippen LogP contribution in [0.15, 0.2) is 29.4 Å². The van der Waals surface area contributed by atoms with Crippen LogP contribution >= 0.6 is 11.8 Å². The van der Waals surface area contributed by atoms with Gasteiger partial charge in [0.2, 0.25) is 17.7 Å². The predicted octanol–water partition coefficient (Wildman–Crippen LogP) is 2.61. The molecule has 3 amide bonds. The van der Waals surface area contributed by atoms with Crippen molar-refractivity contribution in [2.75, 3.05) is 12.3 Å². The minimum Gasteiger partial charge on any atom is -0.354 e. The zero-order valence-corrected chi connectivity index (χ0v) is 23.3. The van der Waals surface area contributed by atoms with Gasteiger partial charge in [0.15, 0.2) is 11.5 Å². The smallest absolute Gasteiger partial charge is 0.230 e. The highest BCUT2D eigenvalue weighted by Crippen LogP contribution is 2.41. The number of hydrazone groups is 1. The third-order valence-corrected chi connectivity index (χ3v) is 8.10. The van der Waals surface area contributed by atoms with Gasteiger partial charge in [0.05, 0.1) is 11.7 Å². The molecule has 1 saturated heterocycles. The molecule has 9 nitrogen and oxygen atoms in total. The van der Waals surface area contributed by atoms with Crippen LogP contribution in [0.2, 0.25) is 0 Å². The summed E-state index contributed by atoms with van der Waals surface area (Å²) in [6.45, 7) is 11.3. The molecule has 4 unspecified atom stereocenters. The summed E-state index contributed by atoms with van der Waals surface area (Å²) >= 11 is 1.38. The van der Waals surface area contributed by atoms with E-state index in [1.165, 1.54) is 17.3 Å². The highest BCUT2D eigenvalue weighted by molar-refractivity contribution is 8.14. The van der Waals surface area contributed by atoms with Gasteiger partial charge in [-0.25, -0.2) is 0 Å². The Morgan fingerprint density at radius 2 is 1.89 bits per heavy atom. The van der Waals surface area contributed by atoms with E-state index in [4.69, 9.17) is 0 Å². The maximum absolute atomic E-state index is 13.5. The molecule has 0 spiro atoms. The van der Waals surface area contributed by atoms with Crippen molar-refractivity contribution in [1.29, 1.82) is 0 Å². The number of hydrogen-bond donors (Lipinski definition) is 3. The fourth-order valence-electron chi connectivity index (χ4n) is 5.37. The van der Waals surface area contributed by atoms with E-state index >= 15 is 0 Å². The van der Waals surface area contributed by atoms with Crippen LogP contribution in [-0.4, -0.2) is 63.4 Å². The standard InChI is InChI=1S/C27H40N6O3S/c1-16(2)14-32-25(36)21-11-10-20(24(35)29-17(3)4)12-22(21)33-26(32)30-31-27(33)37-15-23(34)28-13-19-8-6-18(5)7-9-19/h6-9,16-17,20-22,26,30H,10-15H2,1-5H3,(H,28,34)(H,29,35). The van der Waals surface area contributed by atoms with Gasteiger partial charge in [-0.15, -0.1) is 0 Å². The first-order valence-electron chi connectivity index (χ1n) is 13.3. The second-order valence-electron chi connectivity index (χ2n) is 11.1. The normalized spacial score (nSPS) is 24.9. The molecule has 4 rings (SSSR count). The number of aryl methyl sites for hydroxylation is 1. The summed E-state index contributed by atoms with van der Waals surface area (Å²) in [6.07, 6.45) is 1.59. The molecule has 2 fully saturated rings. The van der Waals surface area contributed by atoms with Crippen molar-refractivity contribution >= 4 is 34.7 Å². The Hall–Kier alpha value is -2.75. The highest BCUT2D eigenvalue weighted by Gasteiger charge is 2.53. The summed E-state index contributed by atoms with van der Waals surface area (Å²) in [5, 5.41) is 11.3. The van der Waals surface area contributed by atoms with Crippen LogP contribution in [0.25, 0.3) is 0 Å². The van der Waals surface area contributed by atoms with Gasteiger partial charge in [-0.3, -0.25) is 19.8 Å². The molecule has 10 heteroatoms. The number of fused-ring (bicyclic) bond motifs is 3. The van der Waals surface area contributed by atoms with E-state index < -0.39 is 0 Å². The summed E-state index contributed by atoms with van der Waals surface area (Å²) < 4.78 is 0.